The number of fused-ring (bicyclic) bond motifs is 1. The van der Waals surface area contributed by atoms with Crippen molar-refractivity contribution in [2.24, 2.45) is 0 Å². The van der Waals surface area contributed by atoms with Crippen LogP contribution in [0.25, 0.3) is 32.6 Å². The van der Waals surface area contributed by atoms with Gasteiger partial charge in [-0.15, -0.1) is 5.10 Å². The van der Waals surface area contributed by atoms with Crippen molar-refractivity contribution >= 4 is 48.2 Å². The molecule has 0 aliphatic heterocycles. The first-order chi connectivity index (χ1) is 13.2. The minimum absolute atomic E-state index is 0.710. The topological polar surface area (TPSA) is 60.9 Å². The maximum atomic E-state index is 4.72. The van der Waals surface area contributed by atoms with Gasteiger partial charge in [-0.05, 0) is 40.2 Å². The molecule has 27 heavy (non-hydrogen) atoms. The smallest absolute Gasteiger partial charge is 0.214 e. The molecule has 0 saturated carbocycles. The third-order valence-electron chi connectivity index (χ3n) is 3.96. The molecule has 9 heteroatoms. The van der Waals surface area contributed by atoms with Crippen LogP contribution < -0.4 is 0 Å². The van der Waals surface area contributed by atoms with E-state index in [-0.39, 0.29) is 0 Å². The summed E-state index contributed by atoms with van der Waals surface area (Å²) in [4.78, 5) is 7.11. The van der Waals surface area contributed by atoms with Crippen molar-refractivity contribution in [3.05, 3.63) is 69.9 Å². The maximum Gasteiger partial charge on any atom is 0.214 e. The van der Waals surface area contributed by atoms with Crippen molar-refractivity contribution in [3.8, 4) is 27.6 Å². The van der Waals surface area contributed by atoms with Gasteiger partial charge in [-0.3, -0.25) is 0 Å². The first kappa shape index (κ1) is 16.8. The second kappa shape index (κ2) is 6.66. The number of nitrogens with zero attached hydrogens (tertiary/aromatic N) is 6. The Labute approximate surface area is 174 Å². The van der Waals surface area contributed by atoms with Crippen molar-refractivity contribution in [1.82, 2.24) is 29.6 Å². The van der Waals surface area contributed by atoms with E-state index < -0.39 is 0 Å². The lowest BCUT2D eigenvalue weighted by atomic mass is 10.2. The Kier molecular flexibility index (Phi) is 4.14. The van der Waals surface area contributed by atoms with Crippen LogP contribution in [0.1, 0.15) is 0 Å². The number of imidazole rings is 1. The summed E-state index contributed by atoms with van der Waals surface area (Å²) in [7, 11) is 0. The molecule has 3 aromatic heterocycles. The average Bonchev–Trinajstić information content (AvgIpc) is 3.39. The second-order valence-electron chi connectivity index (χ2n) is 5.71. The van der Waals surface area contributed by atoms with Crippen LogP contribution in [0.3, 0.4) is 0 Å². The Morgan fingerprint density at radius 3 is 2.41 bits per heavy atom. The molecule has 0 N–H and O–H groups in total. The summed E-state index contributed by atoms with van der Waals surface area (Å²) in [6, 6.07) is 17.8. The number of aromatic nitrogens is 6. The quantitative estimate of drug-likeness (QED) is 0.339. The lowest BCUT2D eigenvalue weighted by Crippen LogP contribution is -1.98. The largest absolute Gasteiger partial charge is 0.216 e. The van der Waals surface area contributed by atoms with Crippen LogP contribution in [-0.4, -0.2) is 29.6 Å². The molecule has 5 aromatic rings. The molecule has 0 fully saturated rings. The predicted molar refractivity (Wildman–Crippen MR) is 112 cm³/mol. The SMILES string of the molecule is Brc1ccc(-n2ncc(-c3nn4c(Br)c(-c5ccccc5)nc4s3)n2)cc1. The van der Waals surface area contributed by atoms with Crippen molar-refractivity contribution < 1.29 is 0 Å². The Hall–Kier alpha value is -2.36. The molecule has 5 rings (SSSR count). The molecule has 6 nitrogen and oxygen atoms in total. The van der Waals surface area contributed by atoms with Gasteiger partial charge in [-0.2, -0.15) is 19.5 Å². The van der Waals surface area contributed by atoms with Crippen LogP contribution in [0.5, 0.6) is 0 Å². The van der Waals surface area contributed by atoms with Gasteiger partial charge in [0.05, 0.1) is 11.9 Å². The molecule has 0 atom stereocenters. The van der Waals surface area contributed by atoms with Crippen molar-refractivity contribution in [2.75, 3.05) is 0 Å². The van der Waals surface area contributed by atoms with E-state index in [0.717, 1.165) is 36.0 Å². The zero-order valence-corrected chi connectivity index (χ0v) is 17.6. The highest BCUT2D eigenvalue weighted by molar-refractivity contribution is 9.10. The summed E-state index contributed by atoms with van der Waals surface area (Å²) in [5.74, 6) is 0. The predicted octanol–water partition coefficient (Wildman–Crippen LogP) is 5.23. The zero-order valence-electron chi connectivity index (χ0n) is 13.6. The third-order valence-corrected chi connectivity index (χ3v) is 6.14. The number of hydrogen-bond acceptors (Lipinski definition) is 5. The van der Waals surface area contributed by atoms with Gasteiger partial charge >= 0.3 is 0 Å². The molecular weight excluding hydrogens is 492 g/mol. The van der Waals surface area contributed by atoms with Crippen LogP contribution in [0.2, 0.25) is 0 Å². The number of hydrogen-bond donors (Lipinski definition) is 0. The summed E-state index contributed by atoms with van der Waals surface area (Å²) in [6.45, 7) is 0. The molecule has 3 heterocycles. The molecule has 132 valence electrons. The molecule has 0 saturated heterocycles. The van der Waals surface area contributed by atoms with Gasteiger partial charge in [0.15, 0.2) is 5.01 Å². The van der Waals surface area contributed by atoms with E-state index in [4.69, 9.17) is 4.98 Å². The lowest BCUT2D eigenvalue weighted by molar-refractivity contribution is 0.753. The summed E-state index contributed by atoms with van der Waals surface area (Å²) >= 11 is 8.53. The monoisotopic (exact) mass is 500 g/mol. The van der Waals surface area contributed by atoms with Crippen molar-refractivity contribution in [3.63, 3.8) is 0 Å². The van der Waals surface area contributed by atoms with Gasteiger partial charge in [0.1, 0.15) is 16.0 Å². The van der Waals surface area contributed by atoms with Crippen LogP contribution >= 0.6 is 43.2 Å². The molecule has 0 bridgehead atoms. The highest BCUT2D eigenvalue weighted by Crippen LogP contribution is 2.33. The second-order valence-corrected chi connectivity index (χ2v) is 8.34. The van der Waals surface area contributed by atoms with Crippen LogP contribution in [0.15, 0.2) is 69.9 Å². The average molecular weight is 502 g/mol. The van der Waals surface area contributed by atoms with E-state index in [2.05, 4.69) is 47.2 Å². The minimum Gasteiger partial charge on any atom is -0.216 e. The Morgan fingerprint density at radius 1 is 0.889 bits per heavy atom. The summed E-state index contributed by atoms with van der Waals surface area (Å²) in [5.41, 5.74) is 3.52. The van der Waals surface area contributed by atoms with Gasteiger partial charge in [-0.25, -0.2) is 4.98 Å². The van der Waals surface area contributed by atoms with E-state index in [1.54, 1.807) is 15.5 Å². The first-order valence-corrected chi connectivity index (χ1v) is 10.4. The fourth-order valence-electron chi connectivity index (χ4n) is 2.67. The maximum absolute atomic E-state index is 4.72. The van der Waals surface area contributed by atoms with Gasteiger partial charge in [0.25, 0.3) is 0 Å². The molecule has 0 amide bonds. The zero-order chi connectivity index (χ0) is 18.4. The van der Waals surface area contributed by atoms with Gasteiger partial charge in [-0.1, -0.05) is 57.6 Å². The standard InChI is InChI=1S/C18H10Br2N6S/c19-12-6-8-13(9-7-12)26-21-10-14(23-26)17-24-25-16(20)15(22-18(25)27-17)11-4-2-1-3-5-11/h1-10H. The Balaban J connectivity index is 1.52. The lowest BCUT2D eigenvalue weighted by Gasteiger charge is -1.98. The molecule has 0 unspecified atom stereocenters. The molecule has 0 aliphatic rings. The van der Waals surface area contributed by atoms with E-state index in [9.17, 15) is 0 Å². The normalized spacial score (nSPS) is 11.3. The van der Waals surface area contributed by atoms with Crippen LogP contribution in [0.4, 0.5) is 0 Å². The van der Waals surface area contributed by atoms with Gasteiger partial charge in [0.2, 0.25) is 4.96 Å². The van der Waals surface area contributed by atoms with Crippen molar-refractivity contribution in [1.29, 1.82) is 0 Å². The highest BCUT2D eigenvalue weighted by Gasteiger charge is 2.18. The fourth-order valence-corrected chi connectivity index (χ4v) is 4.46. The van der Waals surface area contributed by atoms with Gasteiger partial charge in [0, 0.05) is 10.0 Å². The van der Waals surface area contributed by atoms with Crippen molar-refractivity contribution in [2.45, 2.75) is 0 Å². The van der Waals surface area contributed by atoms with Crippen LogP contribution in [-0.2, 0) is 0 Å². The molecule has 0 aliphatic carbocycles. The summed E-state index contributed by atoms with van der Waals surface area (Å²) in [6.07, 6.45) is 1.71. The molecule has 0 radical (unpaired) electrons. The van der Waals surface area contributed by atoms with Gasteiger partial charge < -0.3 is 0 Å². The van der Waals surface area contributed by atoms with E-state index in [1.165, 1.54) is 11.3 Å². The van der Waals surface area contributed by atoms with E-state index >= 15 is 0 Å². The van der Waals surface area contributed by atoms with E-state index in [1.807, 2.05) is 54.6 Å². The summed E-state index contributed by atoms with van der Waals surface area (Å²) < 4.78 is 3.63. The van der Waals surface area contributed by atoms with Crippen LogP contribution in [0, 0.1) is 0 Å². The highest BCUT2D eigenvalue weighted by atomic mass is 79.9. The Bertz CT molecular complexity index is 1240. The molecular formula is C18H10Br2N6S. The van der Waals surface area contributed by atoms with E-state index in [0.29, 0.717) is 5.69 Å². The summed E-state index contributed by atoms with van der Waals surface area (Å²) in [5, 5.41) is 14.3. The molecule has 0 spiro atoms. The first-order valence-electron chi connectivity index (χ1n) is 7.98. The number of rotatable bonds is 3. The Morgan fingerprint density at radius 2 is 1.67 bits per heavy atom. The third kappa shape index (κ3) is 3.01. The minimum atomic E-state index is 0.710. The fraction of sp³-hybridized carbons (Fsp3) is 0. The molecule has 2 aromatic carbocycles. The number of benzene rings is 2. The number of halogens is 2.